The highest BCUT2D eigenvalue weighted by Crippen LogP contribution is 2.39. The summed E-state index contributed by atoms with van der Waals surface area (Å²) in [5.41, 5.74) is 0. The first-order valence-electron chi connectivity index (χ1n) is 10.6. The quantitative estimate of drug-likeness (QED) is 0.146. The summed E-state index contributed by atoms with van der Waals surface area (Å²) in [6, 6.07) is 0. The van der Waals surface area contributed by atoms with Crippen LogP contribution in [0.25, 0.3) is 0 Å². The molecule has 200 valence electrons. The van der Waals surface area contributed by atoms with Crippen molar-refractivity contribution in [1.29, 1.82) is 0 Å². The van der Waals surface area contributed by atoms with Crippen molar-refractivity contribution in [3.63, 3.8) is 0 Å². The molecule has 0 aromatic carbocycles. The van der Waals surface area contributed by atoms with Crippen LogP contribution in [-0.4, -0.2) is 168 Å². The summed E-state index contributed by atoms with van der Waals surface area (Å²) in [7, 11) is 0. The molecule has 3 aliphatic rings. The number of hydrogen-bond acceptors (Lipinski definition) is 16. The fraction of sp³-hybridized carbons (Fsp3) is 1.00. The van der Waals surface area contributed by atoms with E-state index in [1.807, 2.05) is 0 Å². The standard InChI is InChI=1S/C18H32O16/c19-1-5-8(23)11(26)13(28)16(30-5)32-15-10(25)7(3-21)33-18(15,4-22)34-17-14(29)12(27)9(24)6(2-20)31-17/h5-17,19-29H,1-4H2/t5-,6-,7-,8?,9-,10-,11?,12+,13?,14-,15+,16-,17-,18+/m1/s1. The number of rotatable bonds is 8. The third-order valence-electron chi connectivity index (χ3n) is 6.17. The van der Waals surface area contributed by atoms with Crippen LogP contribution in [0, 0.1) is 0 Å². The van der Waals surface area contributed by atoms with Gasteiger partial charge in [-0.1, -0.05) is 0 Å². The summed E-state index contributed by atoms with van der Waals surface area (Å²) in [5, 5.41) is 109. The second kappa shape index (κ2) is 11.2. The maximum atomic E-state index is 10.6. The Morgan fingerprint density at radius 1 is 0.559 bits per heavy atom. The average Bonchev–Trinajstić information content (AvgIpc) is 3.10. The van der Waals surface area contributed by atoms with Crippen molar-refractivity contribution in [2.45, 2.75) is 85.5 Å². The van der Waals surface area contributed by atoms with Crippen molar-refractivity contribution in [3.8, 4) is 0 Å². The third-order valence-corrected chi connectivity index (χ3v) is 6.17. The SMILES string of the molecule is OC[C@H]1O[C@H](O[C@H]2[C@H](O)[C@@H](CO)O[C@@]2(CO)O[C@H]2O[C@H](CO)[C@@H](O)[C@H](O)[C@H]2O)C(O)C(O)C1O. The predicted molar refractivity (Wildman–Crippen MR) is 101 cm³/mol. The molecule has 3 heterocycles. The molecule has 3 unspecified atom stereocenters. The molecule has 0 bridgehead atoms. The maximum absolute atomic E-state index is 10.6. The molecule has 3 rings (SSSR count). The maximum Gasteiger partial charge on any atom is 0.224 e. The molecule has 0 saturated carbocycles. The molecular weight excluding hydrogens is 472 g/mol. The second-order valence-corrected chi connectivity index (χ2v) is 8.37. The molecule has 3 aliphatic heterocycles. The summed E-state index contributed by atoms with van der Waals surface area (Å²) >= 11 is 0. The van der Waals surface area contributed by atoms with Gasteiger partial charge < -0.3 is 79.9 Å². The molecule has 0 aromatic heterocycles. The third kappa shape index (κ3) is 4.96. The highest BCUT2D eigenvalue weighted by molar-refractivity contribution is 5.01. The van der Waals surface area contributed by atoms with Gasteiger partial charge in [-0.3, -0.25) is 0 Å². The minimum Gasteiger partial charge on any atom is -0.394 e. The van der Waals surface area contributed by atoms with Crippen LogP contribution >= 0.6 is 0 Å². The van der Waals surface area contributed by atoms with Gasteiger partial charge in [0.05, 0.1) is 19.8 Å². The number of ether oxygens (including phenoxy) is 5. The molecule has 0 aromatic rings. The summed E-state index contributed by atoms with van der Waals surface area (Å²) in [6.07, 6.45) is -22.3. The first-order valence-corrected chi connectivity index (χ1v) is 10.6. The molecule has 14 atom stereocenters. The Kier molecular flexibility index (Phi) is 9.18. The Balaban J connectivity index is 1.87. The summed E-state index contributed by atoms with van der Waals surface area (Å²) in [5.74, 6) is -2.43. The van der Waals surface area contributed by atoms with E-state index < -0.39 is 112 Å². The monoisotopic (exact) mass is 504 g/mol. The lowest BCUT2D eigenvalue weighted by atomic mass is 9.98. The topological polar surface area (TPSA) is 269 Å². The van der Waals surface area contributed by atoms with Gasteiger partial charge in [0.25, 0.3) is 0 Å². The minimum atomic E-state index is -2.43. The fourth-order valence-corrected chi connectivity index (χ4v) is 4.12. The van der Waals surface area contributed by atoms with Crippen molar-refractivity contribution in [1.82, 2.24) is 0 Å². The number of hydrogen-bond donors (Lipinski definition) is 11. The second-order valence-electron chi connectivity index (χ2n) is 8.37. The normalized spacial score (nSPS) is 52.1. The zero-order valence-corrected chi connectivity index (χ0v) is 17.8. The molecular formula is C18H32O16. The zero-order valence-electron chi connectivity index (χ0n) is 17.8. The zero-order chi connectivity index (χ0) is 25.4. The molecule has 3 saturated heterocycles. The first kappa shape index (κ1) is 27.9. The van der Waals surface area contributed by atoms with Crippen LogP contribution < -0.4 is 0 Å². The lowest BCUT2D eigenvalue weighted by Crippen LogP contribution is -2.64. The Labute approximate surface area is 192 Å². The molecule has 0 spiro atoms. The van der Waals surface area contributed by atoms with E-state index in [1.165, 1.54) is 0 Å². The van der Waals surface area contributed by atoms with Crippen molar-refractivity contribution in [2.24, 2.45) is 0 Å². The van der Waals surface area contributed by atoms with E-state index in [-0.39, 0.29) is 0 Å². The van der Waals surface area contributed by atoms with Crippen molar-refractivity contribution >= 4 is 0 Å². The van der Waals surface area contributed by atoms with Crippen LogP contribution in [0.1, 0.15) is 0 Å². The first-order chi connectivity index (χ1) is 16.0. The van der Waals surface area contributed by atoms with Gasteiger partial charge >= 0.3 is 0 Å². The lowest BCUT2D eigenvalue weighted by Gasteiger charge is -2.45. The van der Waals surface area contributed by atoms with Gasteiger partial charge in [0.2, 0.25) is 5.79 Å². The lowest BCUT2D eigenvalue weighted by molar-refractivity contribution is -0.400. The minimum absolute atomic E-state index is 0.777. The Morgan fingerprint density at radius 3 is 1.50 bits per heavy atom. The van der Waals surface area contributed by atoms with Crippen LogP contribution in [0.2, 0.25) is 0 Å². The highest BCUT2D eigenvalue weighted by Gasteiger charge is 2.61. The van der Waals surface area contributed by atoms with Crippen molar-refractivity contribution in [2.75, 3.05) is 26.4 Å². The molecule has 16 heteroatoms. The van der Waals surface area contributed by atoms with E-state index in [0.29, 0.717) is 0 Å². The molecule has 0 amide bonds. The van der Waals surface area contributed by atoms with E-state index in [1.54, 1.807) is 0 Å². The number of aliphatic hydroxyl groups excluding tert-OH is 11. The Bertz CT molecular complexity index is 651. The van der Waals surface area contributed by atoms with Crippen LogP contribution in [-0.2, 0) is 23.7 Å². The van der Waals surface area contributed by atoms with Crippen LogP contribution in [0.15, 0.2) is 0 Å². The Morgan fingerprint density at radius 2 is 1.03 bits per heavy atom. The highest BCUT2D eigenvalue weighted by atomic mass is 16.8. The van der Waals surface area contributed by atoms with E-state index in [9.17, 15) is 56.2 Å². The molecule has 34 heavy (non-hydrogen) atoms. The van der Waals surface area contributed by atoms with Crippen LogP contribution in [0.5, 0.6) is 0 Å². The number of aliphatic hydroxyl groups is 11. The summed E-state index contributed by atoms with van der Waals surface area (Å²) < 4.78 is 27.0. The van der Waals surface area contributed by atoms with Gasteiger partial charge in [-0.25, -0.2) is 0 Å². The van der Waals surface area contributed by atoms with E-state index in [0.717, 1.165) is 0 Å². The van der Waals surface area contributed by atoms with Gasteiger partial charge in [-0.2, -0.15) is 0 Å². The molecule has 11 N–H and O–H groups in total. The average molecular weight is 504 g/mol. The summed E-state index contributed by atoms with van der Waals surface area (Å²) in [6.45, 7) is -3.49. The van der Waals surface area contributed by atoms with Crippen molar-refractivity contribution in [3.05, 3.63) is 0 Å². The van der Waals surface area contributed by atoms with Crippen LogP contribution in [0.3, 0.4) is 0 Å². The molecule has 3 fully saturated rings. The van der Waals surface area contributed by atoms with Crippen LogP contribution in [0.4, 0.5) is 0 Å². The molecule has 16 nitrogen and oxygen atoms in total. The van der Waals surface area contributed by atoms with Gasteiger partial charge in [0, 0.05) is 0 Å². The van der Waals surface area contributed by atoms with Crippen molar-refractivity contribution < 1.29 is 79.9 Å². The van der Waals surface area contributed by atoms with Gasteiger partial charge in [-0.05, 0) is 0 Å². The van der Waals surface area contributed by atoms with Gasteiger partial charge in [0.1, 0.15) is 73.8 Å². The van der Waals surface area contributed by atoms with E-state index >= 15 is 0 Å². The molecule has 0 aliphatic carbocycles. The fourth-order valence-electron chi connectivity index (χ4n) is 4.12. The van der Waals surface area contributed by atoms with Gasteiger partial charge in [0.15, 0.2) is 12.6 Å². The van der Waals surface area contributed by atoms with E-state index in [2.05, 4.69) is 0 Å². The van der Waals surface area contributed by atoms with E-state index in [4.69, 9.17) is 23.7 Å². The van der Waals surface area contributed by atoms with Gasteiger partial charge in [-0.15, -0.1) is 0 Å². The largest absolute Gasteiger partial charge is 0.394 e. The summed E-state index contributed by atoms with van der Waals surface area (Å²) in [4.78, 5) is 0. The smallest absolute Gasteiger partial charge is 0.224 e. The molecule has 0 radical (unpaired) electrons. The Hall–Kier alpha value is -0.640. The predicted octanol–water partition coefficient (Wildman–Crippen LogP) is -7.57.